The molecule has 1 heterocycles. The molecule has 0 saturated carbocycles. The van der Waals surface area contributed by atoms with E-state index >= 15 is 0 Å². The van der Waals surface area contributed by atoms with Gasteiger partial charge in [-0.25, -0.2) is 0 Å². The van der Waals surface area contributed by atoms with Crippen molar-refractivity contribution >= 4 is 17.5 Å². The largest absolute Gasteiger partial charge is 0.343 e. The van der Waals surface area contributed by atoms with Gasteiger partial charge in [-0.2, -0.15) is 0 Å². The average molecular weight is 379 g/mol. The highest BCUT2D eigenvalue weighted by molar-refractivity contribution is 5.92. The first-order valence-electron chi connectivity index (χ1n) is 10.2. The Morgan fingerprint density at radius 2 is 1.75 bits per heavy atom. The predicted octanol–water partition coefficient (Wildman–Crippen LogP) is 4.22. The fourth-order valence-electron chi connectivity index (χ4n) is 3.96. The molecule has 2 aromatic carbocycles. The van der Waals surface area contributed by atoms with Crippen molar-refractivity contribution in [3.8, 4) is 0 Å². The second kappa shape index (κ2) is 9.54. The van der Waals surface area contributed by atoms with E-state index in [9.17, 15) is 9.59 Å². The molecule has 0 N–H and O–H groups in total. The Kier molecular flexibility index (Phi) is 6.85. The van der Waals surface area contributed by atoms with Gasteiger partial charge in [0.15, 0.2) is 0 Å². The first kappa shape index (κ1) is 20.1. The summed E-state index contributed by atoms with van der Waals surface area (Å²) in [4.78, 5) is 28.4. The Bertz CT molecular complexity index is 795. The minimum Gasteiger partial charge on any atom is -0.343 e. The van der Waals surface area contributed by atoms with Crippen molar-refractivity contribution in [1.82, 2.24) is 4.90 Å². The van der Waals surface area contributed by atoms with Crippen LogP contribution in [0.3, 0.4) is 0 Å². The molecule has 3 rings (SSSR count). The highest BCUT2D eigenvalue weighted by Crippen LogP contribution is 2.22. The molecule has 0 aliphatic carbocycles. The van der Waals surface area contributed by atoms with Crippen LogP contribution in [-0.4, -0.2) is 36.3 Å². The van der Waals surface area contributed by atoms with Gasteiger partial charge in [-0.1, -0.05) is 42.5 Å². The summed E-state index contributed by atoms with van der Waals surface area (Å²) in [6.45, 7) is 5.64. The Hall–Kier alpha value is -2.62. The van der Waals surface area contributed by atoms with Crippen LogP contribution in [0.5, 0.6) is 0 Å². The number of piperidine rings is 1. The van der Waals surface area contributed by atoms with Gasteiger partial charge in [0, 0.05) is 38.7 Å². The number of carbonyl (C=O) groups is 2. The maximum Gasteiger partial charge on any atom is 0.224 e. The molecule has 0 aromatic heterocycles. The molecule has 1 fully saturated rings. The van der Waals surface area contributed by atoms with Crippen LogP contribution in [0.4, 0.5) is 5.69 Å². The maximum absolute atomic E-state index is 12.7. The fourth-order valence-corrected chi connectivity index (χ4v) is 3.96. The predicted molar refractivity (Wildman–Crippen MR) is 113 cm³/mol. The van der Waals surface area contributed by atoms with Gasteiger partial charge in [-0.3, -0.25) is 9.59 Å². The summed E-state index contributed by atoms with van der Waals surface area (Å²) in [5, 5.41) is 0. The fraction of sp³-hybridized carbons (Fsp3) is 0.417. The number of amides is 2. The molecule has 0 atom stereocenters. The van der Waals surface area contributed by atoms with Crippen molar-refractivity contribution < 1.29 is 9.59 Å². The lowest BCUT2D eigenvalue weighted by Gasteiger charge is -2.33. The summed E-state index contributed by atoms with van der Waals surface area (Å²) in [5.74, 6) is 0.768. The molecule has 2 aromatic rings. The van der Waals surface area contributed by atoms with Gasteiger partial charge in [-0.05, 0) is 55.4 Å². The average Bonchev–Trinajstić information content (AvgIpc) is 2.69. The van der Waals surface area contributed by atoms with E-state index in [2.05, 4.69) is 24.3 Å². The van der Waals surface area contributed by atoms with Crippen molar-refractivity contribution in [3.05, 3.63) is 65.7 Å². The number of anilines is 1. The summed E-state index contributed by atoms with van der Waals surface area (Å²) in [6.07, 6.45) is 3.56. The number of aryl methyl sites for hydroxylation is 1. The van der Waals surface area contributed by atoms with E-state index in [4.69, 9.17) is 0 Å². The van der Waals surface area contributed by atoms with Gasteiger partial charge in [0.25, 0.3) is 0 Å². The van der Waals surface area contributed by atoms with E-state index < -0.39 is 0 Å². The first-order valence-corrected chi connectivity index (χ1v) is 10.2. The number of rotatable bonds is 6. The molecule has 0 bridgehead atoms. The molecule has 2 amide bonds. The van der Waals surface area contributed by atoms with Crippen molar-refractivity contribution in [2.24, 2.45) is 5.92 Å². The number of nitrogens with zero attached hydrogens (tertiary/aromatic N) is 2. The molecular formula is C24H30N2O2. The Morgan fingerprint density at radius 1 is 1.04 bits per heavy atom. The minimum absolute atomic E-state index is 0.0278. The lowest BCUT2D eigenvalue weighted by Crippen LogP contribution is -2.41. The molecule has 1 aliphatic rings. The molecule has 0 spiro atoms. The maximum atomic E-state index is 12.7. The molecule has 1 saturated heterocycles. The standard InChI is InChI=1S/C24H30N2O2/c1-19-7-6-10-23(17-19)26(20(2)27)16-13-24(28)25-14-11-22(12-15-25)18-21-8-4-3-5-9-21/h3-10,17,22H,11-16,18H2,1-2H3. The highest BCUT2D eigenvalue weighted by atomic mass is 16.2. The zero-order valence-electron chi connectivity index (χ0n) is 16.9. The van der Waals surface area contributed by atoms with Gasteiger partial charge in [-0.15, -0.1) is 0 Å². The Labute approximate surface area is 168 Å². The molecule has 4 heteroatoms. The normalized spacial score (nSPS) is 14.7. The molecular weight excluding hydrogens is 348 g/mol. The van der Waals surface area contributed by atoms with E-state index in [1.807, 2.05) is 42.2 Å². The van der Waals surface area contributed by atoms with Crippen LogP contribution < -0.4 is 4.90 Å². The number of carbonyl (C=O) groups excluding carboxylic acids is 2. The van der Waals surface area contributed by atoms with Crippen LogP contribution >= 0.6 is 0 Å². The molecule has 0 radical (unpaired) electrons. The van der Waals surface area contributed by atoms with Crippen molar-refractivity contribution in [2.45, 2.75) is 39.5 Å². The zero-order chi connectivity index (χ0) is 19.9. The van der Waals surface area contributed by atoms with Gasteiger partial charge in [0.2, 0.25) is 11.8 Å². The van der Waals surface area contributed by atoms with Gasteiger partial charge in [0.05, 0.1) is 0 Å². The first-order chi connectivity index (χ1) is 13.5. The van der Waals surface area contributed by atoms with Crippen LogP contribution in [0, 0.1) is 12.8 Å². The Morgan fingerprint density at radius 3 is 2.39 bits per heavy atom. The topological polar surface area (TPSA) is 40.6 Å². The highest BCUT2D eigenvalue weighted by Gasteiger charge is 2.23. The summed E-state index contributed by atoms with van der Waals surface area (Å²) in [7, 11) is 0. The molecule has 4 nitrogen and oxygen atoms in total. The third-order valence-corrected chi connectivity index (χ3v) is 5.58. The van der Waals surface area contributed by atoms with E-state index in [-0.39, 0.29) is 11.8 Å². The summed E-state index contributed by atoms with van der Waals surface area (Å²) in [5.41, 5.74) is 3.35. The summed E-state index contributed by atoms with van der Waals surface area (Å²) in [6, 6.07) is 18.4. The van der Waals surface area contributed by atoms with Gasteiger partial charge < -0.3 is 9.80 Å². The monoisotopic (exact) mass is 378 g/mol. The third kappa shape index (κ3) is 5.44. The molecule has 1 aliphatic heterocycles. The van der Waals surface area contributed by atoms with Crippen LogP contribution in [0.2, 0.25) is 0 Å². The Balaban J connectivity index is 1.49. The number of hydrogen-bond acceptors (Lipinski definition) is 2. The summed E-state index contributed by atoms with van der Waals surface area (Å²) >= 11 is 0. The van der Waals surface area contributed by atoms with Gasteiger partial charge >= 0.3 is 0 Å². The van der Waals surface area contributed by atoms with E-state index in [0.717, 1.165) is 43.6 Å². The lowest BCUT2D eigenvalue weighted by atomic mass is 9.90. The molecule has 148 valence electrons. The van der Waals surface area contributed by atoms with Crippen LogP contribution in [0.15, 0.2) is 54.6 Å². The van der Waals surface area contributed by atoms with E-state index in [1.165, 1.54) is 5.56 Å². The minimum atomic E-state index is -0.0278. The van der Waals surface area contributed by atoms with Gasteiger partial charge in [0.1, 0.15) is 0 Å². The number of likely N-dealkylation sites (tertiary alicyclic amines) is 1. The van der Waals surface area contributed by atoms with Crippen molar-refractivity contribution in [1.29, 1.82) is 0 Å². The lowest BCUT2D eigenvalue weighted by molar-refractivity contribution is -0.132. The zero-order valence-corrected chi connectivity index (χ0v) is 16.9. The molecule has 28 heavy (non-hydrogen) atoms. The second-order valence-corrected chi connectivity index (χ2v) is 7.77. The van der Waals surface area contributed by atoms with Crippen molar-refractivity contribution in [2.75, 3.05) is 24.5 Å². The second-order valence-electron chi connectivity index (χ2n) is 7.77. The smallest absolute Gasteiger partial charge is 0.224 e. The third-order valence-electron chi connectivity index (χ3n) is 5.58. The van der Waals surface area contributed by atoms with E-state index in [1.54, 1.807) is 11.8 Å². The quantitative estimate of drug-likeness (QED) is 0.755. The van der Waals surface area contributed by atoms with Crippen LogP contribution in [0.25, 0.3) is 0 Å². The van der Waals surface area contributed by atoms with Crippen molar-refractivity contribution in [3.63, 3.8) is 0 Å². The number of hydrogen-bond donors (Lipinski definition) is 0. The van der Waals surface area contributed by atoms with Crippen LogP contribution in [-0.2, 0) is 16.0 Å². The molecule has 0 unspecified atom stereocenters. The number of benzene rings is 2. The summed E-state index contributed by atoms with van der Waals surface area (Å²) < 4.78 is 0. The SMILES string of the molecule is CC(=O)N(CCC(=O)N1CCC(Cc2ccccc2)CC1)c1cccc(C)c1. The van der Waals surface area contributed by atoms with Crippen LogP contribution in [0.1, 0.15) is 37.3 Å². The van der Waals surface area contributed by atoms with E-state index in [0.29, 0.717) is 18.9 Å².